The number of ether oxygens (including phenoxy) is 4. The van der Waals surface area contributed by atoms with Gasteiger partial charge in [0.15, 0.2) is 12.2 Å². The van der Waals surface area contributed by atoms with E-state index in [9.17, 15) is 43.2 Å². The Morgan fingerprint density at radius 1 is 0.358 bits per heavy atom. The summed E-state index contributed by atoms with van der Waals surface area (Å²) in [7, 11) is -9.88. The highest BCUT2D eigenvalue weighted by Gasteiger charge is 2.30. The van der Waals surface area contributed by atoms with Crippen LogP contribution in [0.5, 0.6) is 0 Å². The van der Waals surface area contributed by atoms with E-state index in [1.165, 1.54) is 109 Å². The first-order chi connectivity index (χ1) is 38.8. The fourth-order valence-electron chi connectivity index (χ4n) is 9.09. The lowest BCUT2D eigenvalue weighted by molar-refractivity contribution is -0.161. The first-order valence-electron chi connectivity index (χ1n) is 32.4. The first-order valence-corrected chi connectivity index (χ1v) is 35.4. The molecule has 0 aromatic heterocycles. The van der Waals surface area contributed by atoms with Crippen LogP contribution in [-0.2, 0) is 65.4 Å². The molecule has 0 radical (unpaired) electrons. The molecule has 0 aliphatic rings. The van der Waals surface area contributed by atoms with Gasteiger partial charge in [-0.05, 0) is 43.4 Å². The zero-order valence-corrected chi connectivity index (χ0v) is 54.0. The lowest BCUT2D eigenvalue weighted by atomic mass is 9.99. The molecule has 0 spiro atoms. The van der Waals surface area contributed by atoms with E-state index in [0.717, 1.165) is 102 Å². The third-order valence-electron chi connectivity index (χ3n) is 14.5. The van der Waals surface area contributed by atoms with Crippen LogP contribution in [0.25, 0.3) is 0 Å². The van der Waals surface area contributed by atoms with E-state index in [2.05, 4.69) is 48.5 Å². The molecule has 0 aromatic carbocycles. The van der Waals surface area contributed by atoms with E-state index in [0.29, 0.717) is 31.6 Å². The summed E-state index contributed by atoms with van der Waals surface area (Å²) in [6.45, 7) is 11.6. The molecule has 480 valence electrons. The summed E-state index contributed by atoms with van der Waals surface area (Å²) in [6.07, 6.45) is 33.6. The van der Waals surface area contributed by atoms with E-state index in [1.807, 2.05) is 0 Å². The van der Waals surface area contributed by atoms with Crippen molar-refractivity contribution < 1.29 is 80.2 Å². The molecule has 0 fully saturated rings. The molecule has 81 heavy (non-hydrogen) atoms. The number of phosphoric ester groups is 2. The van der Waals surface area contributed by atoms with Crippen LogP contribution >= 0.6 is 15.6 Å². The summed E-state index contributed by atoms with van der Waals surface area (Å²) in [5.41, 5.74) is 0. The standard InChI is InChI=1S/C62H120O17P2/c1-8-10-11-12-13-14-21-29-36-43-59(64)72-50-58(79-62(67)46-39-32-25-24-27-34-41-54(5)6)52-77-81(70,71)75-48-56(63)47-74-80(68,69)76-51-57(49-73-60(65)44-37-30-22-17-15-19-26-33-40-53(3)4)78-61(66)45-38-31-23-18-16-20-28-35-42-55(7)9-2/h53-58,63H,8-52H2,1-7H3,(H,68,69)(H,70,71)/t55?,56-,57-,58-/m1/s1. The molecule has 0 saturated carbocycles. The molecular formula is C62H120O17P2. The quantitative estimate of drug-likeness (QED) is 0.0222. The molecule has 0 aliphatic carbocycles. The summed E-state index contributed by atoms with van der Waals surface area (Å²) in [4.78, 5) is 72.0. The second kappa shape index (κ2) is 53.5. The summed E-state index contributed by atoms with van der Waals surface area (Å²) in [5, 5.41) is 10.5. The molecule has 17 nitrogen and oxygen atoms in total. The van der Waals surface area contributed by atoms with Crippen LogP contribution in [0.1, 0.15) is 299 Å². The molecule has 3 N–H and O–H groups in total. The molecule has 6 atom stereocenters. The van der Waals surface area contributed by atoms with Crippen molar-refractivity contribution in [3.05, 3.63) is 0 Å². The zero-order valence-electron chi connectivity index (χ0n) is 52.2. The van der Waals surface area contributed by atoms with Crippen LogP contribution in [0, 0.1) is 17.8 Å². The number of carbonyl (C=O) groups excluding carboxylic acids is 4. The van der Waals surface area contributed by atoms with Gasteiger partial charge in [0.2, 0.25) is 0 Å². The second-order valence-electron chi connectivity index (χ2n) is 23.6. The zero-order chi connectivity index (χ0) is 60.3. The van der Waals surface area contributed by atoms with E-state index in [-0.39, 0.29) is 25.7 Å². The number of esters is 4. The van der Waals surface area contributed by atoms with Crippen molar-refractivity contribution in [1.29, 1.82) is 0 Å². The van der Waals surface area contributed by atoms with Gasteiger partial charge in [0.05, 0.1) is 26.4 Å². The minimum absolute atomic E-state index is 0.101. The van der Waals surface area contributed by atoms with Gasteiger partial charge in [-0.15, -0.1) is 0 Å². The first kappa shape index (κ1) is 79.1. The minimum Gasteiger partial charge on any atom is -0.462 e. The number of hydrogen-bond acceptors (Lipinski definition) is 15. The van der Waals surface area contributed by atoms with Gasteiger partial charge in [-0.3, -0.25) is 37.3 Å². The highest BCUT2D eigenvalue weighted by Crippen LogP contribution is 2.45. The fraction of sp³-hybridized carbons (Fsp3) is 0.935. The Labute approximate surface area is 492 Å². The number of hydrogen-bond donors (Lipinski definition) is 3. The molecule has 0 rings (SSSR count). The Kier molecular flexibility index (Phi) is 52.2. The highest BCUT2D eigenvalue weighted by molar-refractivity contribution is 7.47. The smallest absolute Gasteiger partial charge is 0.462 e. The average molecular weight is 1200 g/mol. The van der Waals surface area contributed by atoms with Gasteiger partial charge >= 0.3 is 39.5 Å². The maximum Gasteiger partial charge on any atom is 0.472 e. The second-order valence-corrected chi connectivity index (χ2v) is 26.5. The van der Waals surface area contributed by atoms with Crippen LogP contribution in [0.4, 0.5) is 0 Å². The van der Waals surface area contributed by atoms with Crippen molar-refractivity contribution >= 4 is 39.5 Å². The maximum absolute atomic E-state index is 13.0. The van der Waals surface area contributed by atoms with Gasteiger partial charge in [-0.1, -0.05) is 248 Å². The Balaban J connectivity index is 5.25. The van der Waals surface area contributed by atoms with Gasteiger partial charge in [-0.2, -0.15) is 0 Å². The number of unbranched alkanes of at least 4 members (excludes halogenated alkanes) is 27. The topological polar surface area (TPSA) is 237 Å². The Hall–Kier alpha value is -1.94. The molecule has 0 saturated heterocycles. The normalized spacial score (nSPS) is 14.8. The minimum atomic E-state index is -4.94. The molecule has 0 aromatic rings. The lowest BCUT2D eigenvalue weighted by Gasteiger charge is -2.21. The third-order valence-corrected chi connectivity index (χ3v) is 16.4. The number of rotatable bonds is 60. The van der Waals surface area contributed by atoms with Gasteiger partial charge < -0.3 is 33.8 Å². The van der Waals surface area contributed by atoms with Crippen molar-refractivity contribution in [2.75, 3.05) is 39.6 Å². The summed E-state index contributed by atoms with van der Waals surface area (Å²) in [5.74, 6) is 0.0204. The SMILES string of the molecule is CCCCCCCCCCCC(=O)OC[C@H](COP(=O)(O)OC[C@H](O)COP(=O)(O)OC[C@@H](COC(=O)CCCCCCCCCCC(C)C)OC(=O)CCCCCCCCCCC(C)CC)OC(=O)CCCCCCCCC(C)C. The lowest BCUT2D eigenvalue weighted by Crippen LogP contribution is -2.30. The van der Waals surface area contributed by atoms with Crippen molar-refractivity contribution in [2.45, 2.75) is 317 Å². The third kappa shape index (κ3) is 55.7. The number of carbonyl (C=O) groups is 4. The van der Waals surface area contributed by atoms with Gasteiger partial charge in [-0.25, -0.2) is 9.13 Å². The predicted molar refractivity (Wildman–Crippen MR) is 321 cm³/mol. The van der Waals surface area contributed by atoms with Crippen LogP contribution in [0.2, 0.25) is 0 Å². The molecule has 19 heteroatoms. The van der Waals surface area contributed by atoms with Crippen LogP contribution in [0.3, 0.4) is 0 Å². The highest BCUT2D eigenvalue weighted by atomic mass is 31.2. The summed E-state index contributed by atoms with van der Waals surface area (Å²) < 4.78 is 67.8. The summed E-state index contributed by atoms with van der Waals surface area (Å²) in [6, 6.07) is 0. The predicted octanol–water partition coefficient (Wildman–Crippen LogP) is 16.7. The molecule has 3 unspecified atom stereocenters. The number of phosphoric acid groups is 2. The van der Waals surface area contributed by atoms with E-state index in [1.54, 1.807) is 0 Å². The van der Waals surface area contributed by atoms with Crippen LogP contribution in [-0.4, -0.2) is 96.7 Å². The maximum atomic E-state index is 13.0. The van der Waals surface area contributed by atoms with Crippen molar-refractivity contribution in [1.82, 2.24) is 0 Å². The summed E-state index contributed by atoms with van der Waals surface area (Å²) >= 11 is 0. The monoisotopic (exact) mass is 1200 g/mol. The van der Waals surface area contributed by atoms with Crippen molar-refractivity contribution in [3.8, 4) is 0 Å². The molecule has 0 heterocycles. The Morgan fingerprint density at radius 3 is 0.938 bits per heavy atom. The van der Waals surface area contributed by atoms with Gasteiger partial charge in [0, 0.05) is 25.7 Å². The van der Waals surface area contributed by atoms with Crippen molar-refractivity contribution in [2.24, 2.45) is 17.8 Å². The van der Waals surface area contributed by atoms with Crippen molar-refractivity contribution in [3.63, 3.8) is 0 Å². The van der Waals surface area contributed by atoms with E-state index < -0.39 is 97.5 Å². The molecule has 0 aliphatic heterocycles. The Morgan fingerprint density at radius 2 is 0.630 bits per heavy atom. The van der Waals surface area contributed by atoms with Crippen LogP contribution < -0.4 is 0 Å². The van der Waals surface area contributed by atoms with Gasteiger partial charge in [0.25, 0.3) is 0 Å². The van der Waals surface area contributed by atoms with E-state index in [4.69, 9.17) is 37.0 Å². The van der Waals surface area contributed by atoms with E-state index >= 15 is 0 Å². The number of aliphatic hydroxyl groups is 1. The number of aliphatic hydroxyl groups excluding tert-OH is 1. The van der Waals surface area contributed by atoms with Gasteiger partial charge in [0.1, 0.15) is 19.3 Å². The average Bonchev–Trinajstić information content (AvgIpc) is 3.42. The van der Waals surface area contributed by atoms with Crippen LogP contribution in [0.15, 0.2) is 0 Å². The Bertz CT molecular complexity index is 1620. The molecular weight excluding hydrogens is 1080 g/mol. The molecule has 0 bridgehead atoms. The fourth-order valence-corrected chi connectivity index (χ4v) is 10.7. The largest absolute Gasteiger partial charge is 0.472 e. The molecule has 0 amide bonds.